The van der Waals surface area contributed by atoms with E-state index in [9.17, 15) is 8.42 Å². The van der Waals surface area contributed by atoms with Crippen molar-refractivity contribution in [2.75, 3.05) is 11.8 Å². The highest BCUT2D eigenvalue weighted by molar-refractivity contribution is 9.10. The van der Waals surface area contributed by atoms with Gasteiger partial charge in [0.15, 0.2) is 0 Å². The van der Waals surface area contributed by atoms with E-state index in [1.165, 1.54) is 11.4 Å². The lowest BCUT2D eigenvalue weighted by molar-refractivity contribution is 0.414. The standard InChI is InChI=1S/C10H14BrClN2O2S/c1-7(2)14(3)17(15,16)13-8-4-5-10(12)9(11)6-8/h4-7,13H,1-3H3. The Morgan fingerprint density at radius 3 is 2.47 bits per heavy atom. The summed E-state index contributed by atoms with van der Waals surface area (Å²) in [4.78, 5) is 0. The maximum absolute atomic E-state index is 11.9. The second kappa shape index (κ2) is 5.56. The van der Waals surface area contributed by atoms with Gasteiger partial charge in [-0.2, -0.15) is 12.7 Å². The summed E-state index contributed by atoms with van der Waals surface area (Å²) >= 11 is 9.07. The third kappa shape index (κ3) is 3.84. The zero-order chi connectivity index (χ0) is 13.2. The topological polar surface area (TPSA) is 49.4 Å². The minimum atomic E-state index is -3.52. The number of hydrogen-bond donors (Lipinski definition) is 1. The highest BCUT2D eigenvalue weighted by Crippen LogP contribution is 2.26. The lowest BCUT2D eigenvalue weighted by atomic mass is 10.3. The van der Waals surface area contributed by atoms with E-state index in [-0.39, 0.29) is 6.04 Å². The Bertz CT molecular complexity index is 505. The van der Waals surface area contributed by atoms with Crippen molar-refractivity contribution in [2.45, 2.75) is 19.9 Å². The molecule has 96 valence electrons. The van der Waals surface area contributed by atoms with Gasteiger partial charge in [0.25, 0.3) is 0 Å². The van der Waals surface area contributed by atoms with Crippen LogP contribution in [0.3, 0.4) is 0 Å². The first-order chi connectivity index (χ1) is 7.74. The van der Waals surface area contributed by atoms with Gasteiger partial charge in [-0.25, -0.2) is 0 Å². The molecule has 1 N–H and O–H groups in total. The number of anilines is 1. The van der Waals surface area contributed by atoms with Crippen molar-refractivity contribution < 1.29 is 8.42 Å². The van der Waals surface area contributed by atoms with Gasteiger partial charge in [-0.15, -0.1) is 0 Å². The molecule has 4 nitrogen and oxygen atoms in total. The number of halogens is 2. The fraction of sp³-hybridized carbons (Fsp3) is 0.400. The van der Waals surface area contributed by atoms with Crippen LogP contribution in [-0.2, 0) is 10.2 Å². The summed E-state index contributed by atoms with van der Waals surface area (Å²) in [5.74, 6) is 0. The van der Waals surface area contributed by atoms with Crippen LogP contribution in [-0.4, -0.2) is 25.8 Å². The first kappa shape index (κ1) is 14.8. The predicted molar refractivity (Wildman–Crippen MR) is 74.6 cm³/mol. The zero-order valence-electron chi connectivity index (χ0n) is 9.74. The van der Waals surface area contributed by atoms with Crippen LogP contribution < -0.4 is 4.72 Å². The van der Waals surface area contributed by atoms with E-state index in [1.807, 2.05) is 0 Å². The number of rotatable bonds is 4. The Morgan fingerprint density at radius 1 is 1.41 bits per heavy atom. The maximum Gasteiger partial charge on any atom is 0.301 e. The van der Waals surface area contributed by atoms with Gasteiger partial charge in [-0.05, 0) is 48.0 Å². The average Bonchev–Trinajstić information content (AvgIpc) is 2.22. The van der Waals surface area contributed by atoms with Gasteiger partial charge in [0.2, 0.25) is 0 Å². The molecule has 0 amide bonds. The normalized spacial score (nSPS) is 12.2. The molecular formula is C10H14BrClN2O2S. The Kier molecular flexibility index (Phi) is 4.83. The van der Waals surface area contributed by atoms with Crippen molar-refractivity contribution in [1.82, 2.24) is 4.31 Å². The van der Waals surface area contributed by atoms with E-state index in [0.717, 1.165) is 0 Å². The summed E-state index contributed by atoms with van der Waals surface area (Å²) in [6, 6.07) is 4.74. The zero-order valence-corrected chi connectivity index (χ0v) is 12.9. The fourth-order valence-corrected chi connectivity index (χ4v) is 2.68. The molecule has 1 rings (SSSR count). The van der Waals surface area contributed by atoms with Gasteiger partial charge in [0, 0.05) is 17.6 Å². The Labute approximate surface area is 115 Å². The first-order valence-corrected chi connectivity index (χ1v) is 7.56. The summed E-state index contributed by atoms with van der Waals surface area (Å²) in [6.07, 6.45) is 0. The molecule has 0 radical (unpaired) electrons. The Hall–Kier alpha value is -0.300. The molecule has 1 aromatic carbocycles. The van der Waals surface area contributed by atoms with E-state index < -0.39 is 10.2 Å². The van der Waals surface area contributed by atoms with Gasteiger partial charge >= 0.3 is 10.2 Å². The number of benzene rings is 1. The molecule has 0 spiro atoms. The maximum atomic E-state index is 11.9. The molecule has 0 saturated carbocycles. The van der Waals surface area contributed by atoms with Gasteiger partial charge in [0.1, 0.15) is 0 Å². The molecule has 0 unspecified atom stereocenters. The quantitative estimate of drug-likeness (QED) is 0.915. The minimum absolute atomic E-state index is 0.108. The van der Waals surface area contributed by atoms with Crippen molar-refractivity contribution in [3.8, 4) is 0 Å². The van der Waals surface area contributed by atoms with Gasteiger partial charge in [-0.1, -0.05) is 11.6 Å². The van der Waals surface area contributed by atoms with E-state index in [2.05, 4.69) is 20.7 Å². The van der Waals surface area contributed by atoms with Crippen LogP contribution in [0.4, 0.5) is 5.69 Å². The Morgan fingerprint density at radius 2 is 2.00 bits per heavy atom. The molecule has 17 heavy (non-hydrogen) atoms. The van der Waals surface area contributed by atoms with E-state index in [1.54, 1.807) is 32.0 Å². The van der Waals surface area contributed by atoms with Crippen LogP contribution >= 0.6 is 27.5 Å². The third-order valence-corrected chi connectivity index (χ3v) is 5.16. The molecule has 1 aromatic rings. The molecule has 0 heterocycles. The lowest BCUT2D eigenvalue weighted by Crippen LogP contribution is -2.37. The molecule has 0 aliphatic heterocycles. The van der Waals surface area contributed by atoms with Crippen molar-refractivity contribution in [3.63, 3.8) is 0 Å². The molecule has 0 atom stereocenters. The SMILES string of the molecule is CC(C)N(C)S(=O)(=O)Nc1ccc(Cl)c(Br)c1. The number of hydrogen-bond acceptors (Lipinski definition) is 2. The molecule has 0 aliphatic carbocycles. The summed E-state index contributed by atoms with van der Waals surface area (Å²) in [5, 5.41) is 0.533. The van der Waals surface area contributed by atoms with Crippen molar-refractivity contribution in [3.05, 3.63) is 27.7 Å². The van der Waals surface area contributed by atoms with Crippen LogP contribution in [0.5, 0.6) is 0 Å². The van der Waals surface area contributed by atoms with Crippen molar-refractivity contribution >= 4 is 43.4 Å². The summed E-state index contributed by atoms with van der Waals surface area (Å²) in [7, 11) is -2.00. The minimum Gasteiger partial charge on any atom is -0.271 e. The van der Waals surface area contributed by atoms with Crippen molar-refractivity contribution in [2.24, 2.45) is 0 Å². The monoisotopic (exact) mass is 340 g/mol. The molecule has 0 aliphatic rings. The van der Waals surface area contributed by atoms with Gasteiger partial charge < -0.3 is 0 Å². The summed E-state index contributed by atoms with van der Waals surface area (Å²) in [5.41, 5.74) is 0.466. The van der Waals surface area contributed by atoms with Crippen LogP contribution in [0.15, 0.2) is 22.7 Å². The lowest BCUT2D eigenvalue weighted by Gasteiger charge is -2.21. The smallest absolute Gasteiger partial charge is 0.271 e. The van der Waals surface area contributed by atoms with Crippen LogP contribution in [0.25, 0.3) is 0 Å². The van der Waals surface area contributed by atoms with Gasteiger partial charge in [0.05, 0.1) is 10.7 Å². The molecule has 7 heteroatoms. The van der Waals surface area contributed by atoms with Crippen LogP contribution in [0.1, 0.15) is 13.8 Å². The fourth-order valence-electron chi connectivity index (χ4n) is 1.06. The molecule has 0 aromatic heterocycles. The predicted octanol–water partition coefficient (Wildman–Crippen LogP) is 3.10. The van der Waals surface area contributed by atoms with Crippen LogP contribution in [0, 0.1) is 0 Å². The highest BCUT2D eigenvalue weighted by atomic mass is 79.9. The molecule has 0 saturated heterocycles. The average molecular weight is 342 g/mol. The highest BCUT2D eigenvalue weighted by Gasteiger charge is 2.20. The summed E-state index contributed by atoms with van der Waals surface area (Å²) < 4.78 is 28.2. The Balaban J connectivity index is 2.94. The van der Waals surface area contributed by atoms with Gasteiger partial charge in [-0.3, -0.25) is 4.72 Å². The second-order valence-electron chi connectivity index (χ2n) is 3.85. The van der Waals surface area contributed by atoms with Crippen molar-refractivity contribution in [1.29, 1.82) is 0 Å². The largest absolute Gasteiger partial charge is 0.301 e. The first-order valence-electron chi connectivity index (χ1n) is 4.95. The summed E-state index contributed by atoms with van der Waals surface area (Å²) in [6.45, 7) is 3.61. The molecule has 0 bridgehead atoms. The molecule has 0 fully saturated rings. The van der Waals surface area contributed by atoms with E-state index in [4.69, 9.17) is 11.6 Å². The second-order valence-corrected chi connectivity index (χ2v) is 6.84. The van der Waals surface area contributed by atoms with E-state index >= 15 is 0 Å². The number of nitrogens with one attached hydrogen (secondary N) is 1. The van der Waals surface area contributed by atoms with Crippen LogP contribution in [0.2, 0.25) is 5.02 Å². The third-order valence-electron chi connectivity index (χ3n) is 2.27. The molecular weight excluding hydrogens is 328 g/mol. The van der Waals surface area contributed by atoms with E-state index in [0.29, 0.717) is 15.2 Å². The number of nitrogens with zero attached hydrogens (tertiary/aromatic N) is 1.